The Labute approximate surface area is 123 Å². The van der Waals surface area contributed by atoms with E-state index in [4.69, 9.17) is 14.6 Å². The van der Waals surface area contributed by atoms with Gasteiger partial charge in [-0.15, -0.1) is 0 Å². The lowest BCUT2D eigenvalue weighted by Gasteiger charge is -2.32. The Hall–Kier alpha value is -2.24. The normalized spacial score (nSPS) is 18.1. The number of benzene rings is 1. The number of carbonyl (C=O) groups is 2. The summed E-state index contributed by atoms with van der Waals surface area (Å²) in [6, 6.07) is 6.15. The van der Waals surface area contributed by atoms with Crippen LogP contribution in [0.2, 0.25) is 0 Å². The summed E-state index contributed by atoms with van der Waals surface area (Å²) in [6.45, 7) is 0.317. The summed E-state index contributed by atoms with van der Waals surface area (Å²) in [7, 11) is 1.57. The second-order valence-corrected chi connectivity index (χ2v) is 4.90. The molecule has 1 N–H and O–H groups in total. The van der Waals surface area contributed by atoms with Gasteiger partial charge in [-0.3, -0.25) is 4.79 Å². The van der Waals surface area contributed by atoms with Crippen molar-refractivity contribution < 1.29 is 24.2 Å². The van der Waals surface area contributed by atoms with E-state index in [1.54, 1.807) is 31.4 Å². The molecule has 1 aliphatic heterocycles. The molecular weight excluding hydrogens is 274 g/mol. The van der Waals surface area contributed by atoms with Crippen LogP contribution in [-0.2, 0) is 9.59 Å². The second kappa shape index (κ2) is 6.97. The first-order valence-corrected chi connectivity index (χ1v) is 6.91. The topological polar surface area (TPSA) is 76.1 Å². The minimum atomic E-state index is -0.951. The van der Waals surface area contributed by atoms with E-state index in [2.05, 4.69) is 0 Å². The van der Waals surface area contributed by atoms with E-state index in [0.29, 0.717) is 24.5 Å². The van der Waals surface area contributed by atoms with E-state index in [-0.39, 0.29) is 12.5 Å². The van der Waals surface area contributed by atoms with Gasteiger partial charge < -0.3 is 19.5 Å². The van der Waals surface area contributed by atoms with Gasteiger partial charge in [0.15, 0.2) is 6.61 Å². The van der Waals surface area contributed by atoms with Crippen LogP contribution >= 0.6 is 0 Å². The molecule has 1 fully saturated rings. The zero-order valence-electron chi connectivity index (χ0n) is 11.9. The van der Waals surface area contributed by atoms with Crippen LogP contribution in [0.25, 0.3) is 0 Å². The number of hydrogen-bond acceptors (Lipinski definition) is 4. The Kier molecular flexibility index (Phi) is 5.03. The van der Waals surface area contributed by atoms with Crippen molar-refractivity contribution in [2.24, 2.45) is 0 Å². The lowest BCUT2D eigenvalue weighted by molar-refractivity contribution is -0.152. The molecule has 21 heavy (non-hydrogen) atoms. The summed E-state index contributed by atoms with van der Waals surface area (Å²) in [5.74, 6) is 0.00842. The number of amides is 1. The fourth-order valence-electron chi connectivity index (χ4n) is 2.39. The van der Waals surface area contributed by atoms with Gasteiger partial charge in [-0.1, -0.05) is 0 Å². The third kappa shape index (κ3) is 3.87. The fourth-order valence-corrected chi connectivity index (χ4v) is 2.39. The zero-order chi connectivity index (χ0) is 15.2. The Balaban J connectivity index is 1.91. The van der Waals surface area contributed by atoms with Gasteiger partial charge in [0, 0.05) is 6.54 Å². The highest BCUT2D eigenvalue weighted by molar-refractivity contribution is 5.84. The number of piperidine rings is 1. The molecule has 0 aromatic heterocycles. The fraction of sp³-hybridized carbons (Fsp3) is 0.467. The molecule has 1 saturated heterocycles. The van der Waals surface area contributed by atoms with Crippen molar-refractivity contribution in [3.63, 3.8) is 0 Å². The number of methoxy groups -OCH3 is 1. The van der Waals surface area contributed by atoms with Crippen molar-refractivity contribution in [1.82, 2.24) is 4.90 Å². The Bertz CT molecular complexity index is 499. The molecule has 0 spiro atoms. The number of hydrogen-bond donors (Lipinski definition) is 1. The van der Waals surface area contributed by atoms with Gasteiger partial charge >= 0.3 is 5.97 Å². The van der Waals surface area contributed by atoms with Gasteiger partial charge in [-0.05, 0) is 43.5 Å². The third-order valence-corrected chi connectivity index (χ3v) is 3.53. The predicted molar refractivity (Wildman–Crippen MR) is 75.5 cm³/mol. The first-order valence-electron chi connectivity index (χ1n) is 6.91. The first kappa shape index (κ1) is 15.2. The smallest absolute Gasteiger partial charge is 0.326 e. The Morgan fingerprint density at radius 3 is 2.52 bits per heavy atom. The molecule has 1 aromatic carbocycles. The Morgan fingerprint density at radius 1 is 1.24 bits per heavy atom. The molecule has 0 radical (unpaired) electrons. The van der Waals surface area contributed by atoms with Gasteiger partial charge in [0.2, 0.25) is 0 Å². The summed E-state index contributed by atoms with van der Waals surface area (Å²) in [5.41, 5.74) is 0. The summed E-state index contributed by atoms with van der Waals surface area (Å²) in [5, 5.41) is 9.15. The molecule has 114 valence electrons. The number of likely N-dealkylation sites (tertiary alicyclic amines) is 1. The molecule has 1 aromatic rings. The number of rotatable bonds is 5. The van der Waals surface area contributed by atoms with Gasteiger partial charge in [0.25, 0.3) is 5.91 Å². The molecule has 6 heteroatoms. The van der Waals surface area contributed by atoms with Crippen LogP contribution in [0.1, 0.15) is 19.3 Å². The number of ether oxygens (including phenoxy) is 2. The minimum absolute atomic E-state index is 0.157. The average molecular weight is 293 g/mol. The highest BCUT2D eigenvalue weighted by Crippen LogP contribution is 2.19. The van der Waals surface area contributed by atoms with E-state index in [1.165, 1.54) is 4.90 Å². The van der Waals surface area contributed by atoms with Crippen molar-refractivity contribution in [1.29, 1.82) is 0 Å². The van der Waals surface area contributed by atoms with Gasteiger partial charge in [-0.25, -0.2) is 4.79 Å². The quantitative estimate of drug-likeness (QED) is 0.891. The number of nitrogens with zero attached hydrogens (tertiary/aromatic N) is 1. The van der Waals surface area contributed by atoms with E-state index in [1.807, 2.05) is 0 Å². The second-order valence-electron chi connectivity index (χ2n) is 4.90. The van der Waals surface area contributed by atoms with E-state index in [9.17, 15) is 9.59 Å². The molecule has 1 heterocycles. The van der Waals surface area contributed by atoms with Gasteiger partial charge in [0.05, 0.1) is 7.11 Å². The molecule has 2 rings (SSSR count). The molecule has 0 unspecified atom stereocenters. The largest absolute Gasteiger partial charge is 0.497 e. The minimum Gasteiger partial charge on any atom is -0.497 e. The monoisotopic (exact) mass is 293 g/mol. The maximum absolute atomic E-state index is 12.1. The van der Waals surface area contributed by atoms with Crippen molar-refractivity contribution >= 4 is 11.9 Å². The van der Waals surface area contributed by atoms with Crippen molar-refractivity contribution in [3.05, 3.63) is 24.3 Å². The SMILES string of the molecule is COc1ccc(OCC(=O)N2CCCC[C@H]2C(=O)O)cc1. The van der Waals surface area contributed by atoms with Crippen LogP contribution in [0.4, 0.5) is 0 Å². The molecule has 0 aliphatic carbocycles. The highest BCUT2D eigenvalue weighted by atomic mass is 16.5. The van der Waals surface area contributed by atoms with Crippen LogP contribution < -0.4 is 9.47 Å². The molecule has 1 atom stereocenters. The maximum Gasteiger partial charge on any atom is 0.326 e. The van der Waals surface area contributed by atoms with E-state index in [0.717, 1.165) is 12.8 Å². The van der Waals surface area contributed by atoms with Crippen LogP contribution in [0, 0.1) is 0 Å². The molecular formula is C15H19NO5. The summed E-state index contributed by atoms with van der Waals surface area (Å²) >= 11 is 0. The zero-order valence-corrected chi connectivity index (χ0v) is 11.9. The molecule has 1 amide bonds. The summed E-state index contributed by atoms with van der Waals surface area (Å²) in [6.07, 6.45) is 2.17. The van der Waals surface area contributed by atoms with Gasteiger partial charge in [0.1, 0.15) is 17.5 Å². The summed E-state index contributed by atoms with van der Waals surface area (Å²) in [4.78, 5) is 24.7. The predicted octanol–water partition coefficient (Wildman–Crippen LogP) is 1.54. The first-order chi connectivity index (χ1) is 10.1. The standard InChI is InChI=1S/C15H19NO5/c1-20-11-5-7-12(8-6-11)21-10-14(17)16-9-3-2-4-13(16)15(18)19/h5-8,13H,2-4,9-10H2,1H3,(H,18,19)/t13-/m0/s1. The van der Waals surface area contributed by atoms with Crippen LogP contribution in [0.3, 0.4) is 0 Å². The van der Waals surface area contributed by atoms with E-state index < -0.39 is 12.0 Å². The molecule has 0 bridgehead atoms. The van der Waals surface area contributed by atoms with Crippen molar-refractivity contribution in [2.45, 2.75) is 25.3 Å². The van der Waals surface area contributed by atoms with Crippen LogP contribution in [0.5, 0.6) is 11.5 Å². The number of carboxylic acids is 1. The number of carboxylic acid groups (broad SMARTS) is 1. The van der Waals surface area contributed by atoms with Crippen LogP contribution in [-0.4, -0.2) is 48.2 Å². The van der Waals surface area contributed by atoms with Crippen molar-refractivity contribution in [2.75, 3.05) is 20.3 Å². The molecule has 0 saturated carbocycles. The number of carbonyl (C=O) groups excluding carboxylic acids is 1. The van der Waals surface area contributed by atoms with Crippen molar-refractivity contribution in [3.8, 4) is 11.5 Å². The molecule has 1 aliphatic rings. The summed E-state index contributed by atoms with van der Waals surface area (Å²) < 4.78 is 10.4. The highest BCUT2D eigenvalue weighted by Gasteiger charge is 2.31. The maximum atomic E-state index is 12.1. The lowest BCUT2D eigenvalue weighted by atomic mass is 10.0. The van der Waals surface area contributed by atoms with E-state index >= 15 is 0 Å². The molecule has 6 nitrogen and oxygen atoms in total. The number of aliphatic carboxylic acids is 1. The Morgan fingerprint density at radius 2 is 1.90 bits per heavy atom. The third-order valence-electron chi connectivity index (χ3n) is 3.53. The average Bonchev–Trinajstić information content (AvgIpc) is 2.53. The van der Waals surface area contributed by atoms with Crippen LogP contribution in [0.15, 0.2) is 24.3 Å². The lowest BCUT2D eigenvalue weighted by Crippen LogP contribution is -2.49. The van der Waals surface area contributed by atoms with Gasteiger partial charge in [-0.2, -0.15) is 0 Å².